The van der Waals surface area contributed by atoms with E-state index in [4.69, 9.17) is 11.6 Å². The van der Waals surface area contributed by atoms with Crippen molar-refractivity contribution in [3.05, 3.63) is 27.8 Å². The summed E-state index contributed by atoms with van der Waals surface area (Å²) in [4.78, 5) is 23.8. The fraction of sp³-hybridized carbons (Fsp3) is 0. The van der Waals surface area contributed by atoms with Crippen LogP contribution in [0.4, 0.5) is 0 Å². The van der Waals surface area contributed by atoms with Crippen molar-refractivity contribution in [3.63, 3.8) is 0 Å². The third-order valence-corrected chi connectivity index (χ3v) is 3.61. The molecule has 1 N–H and O–H groups in total. The molecule has 10 heteroatoms. The Bertz CT molecular complexity index is 602. The van der Waals surface area contributed by atoms with Crippen molar-refractivity contribution >= 4 is 46.3 Å². The Morgan fingerprint density at radius 3 is 2.50 bits per heavy atom. The van der Waals surface area contributed by atoms with Crippen molar-refractivity contribution in [2.75, 3.05) is 0 Å². The van der Waals surface area contributed by atoms with E-state index in [2.05, 4.69) is 25.4 Å². The van der Waals surface area contributed by atoms with Gasteiger partial charge in [0.15, 0.2) is 5.75 Å². The van der Waals surface area contributed by atoms with E-state index in [-0.39, 0.29) is 114 Å². The summed E-state index contributed by atoms with van der Waals surface area (Å²) in [6.45, 7) is 0. The molecule has 18 heavy (non-hydrogen) atoms. The third-order valence-electron chi connectivity index (χ3n) is 1.91. The summed E-state index contributed by atoms with van der Waals surface area (Å²) in [5.74, 6) is -0.102. The van der Waals surface area contributed by atoms with Gasteiger partial charge in [0.05, 0.1) is 15.9 Å². The van der Waals surface area contributed by atoms with Gasteiger partial charge in [-0.1, -0.05) is 11.6 Å². The van der Waals surface area contributed by atoms with Crippen molar-refractivity contribution in [1.29, 1.82) is 0 Å². The van der Waals surface area contributed by atoms with Crippen LogP contribution in [0.15, 0.2) is 22.8 Å². The average molecular weight is 403 g/mol. The van der Waals surface area contributed by atoms with Crippen molar-refractivity contribution < 1.29 is 122 Å². The predicted octanol–water partition coefficient (Wildman–Crippen LogP) is -4.20. The van der Waals surface area contributed by atoms with E-state index in [1.54, 1.807) is 12.1 Å². The quantitative estimate of drug-likeness (QED) is 0.408. The van der Waals surface area contributed by atoms with Crippen molar-refractivity contribution in [2.24, 2.45) is 0 Å². The maximum absolute atomic E-state index is 10.5. The molecule has 0 radical (unpaired) electrons. The first-order chi connectivity index (χ1) is 7.38. The number of benzene rings is 1. The van der Waals surface area contributed by atoms with Crippen LogP contribution in [0.3, 0.4) is 0 Å². The first kappa shape index (κ1) is 20.8. The van der Waals surface area contributed by atoms with Gasteiger partial charge in [-0.15, -0.1) is 0 Å². The number of rotatable bonds is 2. The molecule has 0 spiro atoms. The van der Waals surface area contributed by atoms with Gasteiger partial charge in [0.25, 0.3) is 0 Å². The summed E-state index contributed by atoms with van der Waals surface area (Å²) in [5.41, 5.74) is 0.580. The zero-order valence-electron chi connectivity index (χ0n) is 9.57. The molecule has 0 fully saturated rings. The summed E-state index contributed by atoms with van der Waals surface area (Å²) < 4.78 is 15.4. The largest absolute Gasteiger partial charge is 1.00 e. The summed E-state index contributed by atoms with van der Waals surface area (Å²) in [6, 6.07) is 3.37. The molecule has 1 aromatic carbocycles. The van der Waals surface area contributed by atoms with Crippen molar-refractivity contribution in [2.45, 2.75) is 0 Å². The van der Waals surface area contributed by atoms with Gasteiger partial charge in [-0.05, 0) is 28.1 Å². The molecule has 2 rings (SSSR count). The fourth-order valence-electron chi connectivity index (χ4n) is 1.32. The van der Waals surface area contributed by atoms with Gasteiger partial charge < -0.3 is 23.9 Å². The number of hydrogen-bond donors (Lipinski definition) is 1. The molecular weight excluding hydrogens is 399 g/mol. The number of phosphoric acid groups is 1. The predicted molar refractivity (Wildman–Crippen MR) is 59.2 cm³/mol. The van der Waals surface area contributed by atoms with Crippen LogP contribution in [0, 0.1) is 0 Å². The van der Waals surface area contributed by atoms with E-state index in [1.165, 1.54) is 6.20 Å². The number of aromatic nitrogens is 1. The maximum Gasteiger partial charge on any atom is 1.00 e. The van der Waals surface area contributed by atoms with E-state index in [9.17, 15) is 14.4 Å². The Morgan fingerprint density at radius 1 is 1.33 bits per heavy atom. The van der Waals surface area contributed by atoms with Gasteiger partial charge in [-0.3, -0.25) is 0 Å². The minimum Gasteiger partial charge on any atom is -0.780 e. The second kappa shape index (κ2) is 8.40. The van der Waals surface area contributed by atoms with Crippen LogP contribution in [0.2, 0.25) is 5.02 Å². The molecule has 0 saturated carbocycles. The number of fused-ring (bicyclic) bond motifs is 1. The van der Waals surface area contributed by atoms with Crippen LogP contribution in [0.5, 0.6) is 5.75 Å². The Kier molecular flexibility index (Phi) is 9.69. The molecule has 2 aromatic rings. The molecule has 0 amide bonds. The van der Waals surface area contributed by atoms with E-state index in [0.29, 0.717) is 15.4 Å². The Balaban J connectivity index is 0.00000144. The smallest absolute Gasteiger partial charge is 0.780 e. The second-order valence-electron chi connectivity index (χ2n) is 2.98. The molecule has 0 aliphatic rings. The molecule has 0 saturated heterocycles. The molecule has 86 valence electrons. The van der Waals surface area contributed by atoms with E-state index >= 15 is 0 Å². The van der Waals surface area contributed by atoms with Crippen molar-refractivity contribution in [1.82, 2.24) is 4.98 Å². The van der Waals surface area contributed by atoms with Gasteiger partial charge in [-0.25, -0.2) is 0 Å². The maximum atomic E-state index is 10.5. The summed E-state index contributed by atoms with van der Waals surface area (Å²) in [6.07, 6.45) is 1.27. The normalized spacial score (nSPS) is 10.7. The Hall–Kier alpha value is 2.75. The van der Waals surface area contributed by atoms with Crippen LogP contribution in [-0.4, -0.2) is 4.98 Å². The number of phosphoric ester groups is 1. The molecule has 0 unspecified atom stereocenters. The Labute approximate surface area is 202 Å². The fourth-order valence-corrected chi connectivity index (χ4v) is 2.29. The minimum absolute atomic E-state index is 0. The van der Waals surface area contributed by atoms with Gasteiger partial charge >= 0.3 is 103 Å². The topological polar surface area (TPSA) is 88.2 Å². The Morgan fingerprint density at radius 2 is 1.94 bits per heavy atom. The van der Waals surface area contributed by atoms with Crippen molar-refractivity contribution in [3.8, 4) is 5.75 Å². The SMILES string of the molecule is O=P([O-])([O-])Oc1c[nH]c2ccc(Br)c(Cl)c12.[K+].[K+]. The molecule has 5 nitrogen and oxygen atoms in total. The first-order valence-corrected chi connectivity index (χ1v) is 6.68. The minimum atomic E-state index is -5.09. The molecule has 0 aliphatic carbocycles. The van der Waals surface area contributed by atoms with E-state index < -0.39 is 7.82 Å². The number of hydrogen-bond acceptors (Lipinski definition) is 4. The van der Waals surface area contributed by atoms with Gasteiger partial charge in [0.2, 0.25) is 0 Å². The molecule has 0 atom stereocenters. The molecule has 1 heterocycles. The molecule has 0 bridgehead atoms. The van der Waals surface area contributed by atoms with Gasteiger partial charge in [0.1, 0.15) is 7.82 Å². The summed E-state index contributed by atoms with van der Waals surface area (Å²) in [7, 11) is -5.09. The number of H-pyrrole nitrogens is 1. The summed E-state index contributed by atoms with van der Waals surface area (Å²) >= 11 is 9.15. The van der Waals surface area contributed by atoms with Gasteiger partial charge in [0, 0.05) is 10.7 Å². The van der Waals surface area contributed by atoms with E-state index in [0.717, 1.165) is 0 Å². The van der Waals surface area contributed by atoms with E-state index in [1.807, 2.05) is 0 Å². The third kappa shape index (κ3) is 5.19. The standard InChI is InChI=1S/C8H6BrClNO4P.2K/c9-4-1-2-5-7(8(4)10)6(3-11-5)15-16(12,13)14;;/h1-3,11H,(H2,12,13,14);;/q;2*+1/p-2. The number of halogens is 2. The molecular formula is C8H4BrClK2NO4P. The van der Waals surface area contributed by atoms with Crippen LogP contribution in [0.25, 0.3) is 10.9 Å². The summed E-state index contributed by atoms with van der Waals surface area (Å²) in [5, 5.41) is 0.630. The monoisotopic (exact) mass is 401 g/mol. The van der Waals surface area contributed by atoms with Crippen LogP contribution >= 0.6 is 35.4 Å². The first-order valence-electron chi connectivity index (χ1n) is 4.05. The number of aromatic amines is 1. The zero-order chi connectivity index (χ0) is 11.9. The van der Waals surface area contributed by atoms with Gasteiger partial charge in [-0.2, -0.15) is 0 Å². The second-order valence-corrected chi connectivity index (χ2v) is 5.28. The average Bonchev–Trinajstić information content (AvgIpc) is 2.53. The molecule has 0 aliphatic heterocycles. The number of nitrogens with one attached hydrogen (secondary N) is 1. The zero-order valence-corrected chi connectivity index (χ0v) is 19.1. The van der Waals surface area contributed by atoms with Crippen LogP contribution < -0.4 is 117 Å². The van der Waals surface area contributed by atoms with Crippen LogP contribution in [0.1, 0.15) is 0 Å². The van der Waals surface area contributed by atoms with Crippen LogP contribution in [-0.2, 0) is 4.57 Å². The molecule has 1 aromatic heterocycles.